The van der Waals surface area contributed by atoms with Gasteiger partial charge in [-0.25, -0.2) is 13.2 Å². The SMILES string of the molecule is Cc1c(F)cc(C(=O)NC2(c3ccc4cnccc4n3)CC2)cc1-c1ccc2oc(Cc3ccc(F)cc3)c(C(N)=O)c2c1F. The van der Waals surface area contributed by atoms with E-state index in [1.54, 1.807) is 18.5 Å². The number of pyridine rings is 2. The van der Waals surface area contributed by atoms with E-state index >= 15 is 8.78 Å². The predicted octanol–water partition coefficient (Wildman–Crippen LogP) is 6.88. The van der Waals surface area contributed by atoms with Gasteiger partial charge >= 0.3 is 0 Å². The van der Waals surface area contributed by atoms with Crippen LogP contribution in [-0.4, -0.2) is 21.8 Å². The zero-order chi connectivity index (χ0) is 31.5. The fraction of sp³-hybridized carbons (Fsp3) is 0.143. The van der Waals surface area contributed by atoms with Crippen LogP contribution in [0, 0.1) is 24.4 Å². The molecule has 0 atom stereocenters. The topological polar surface area (TPSA) is 111 Å². The first-order valence-corrected chi connectivity index (χ1v) is 14.3. The van der Waals surface area contributed by atoms with Crippen molar-refractivity contribution in [3.63, 3.8) is 0 Å². The lowest BCUT2D eigenvalue weighted by atomic mass is 9.94. The monoisotopic (exact) mass is 606 g/mol. The highest BCUT2D eigenvalue weighted by molar-refractivity contribution is 6.08. The van der Waals surface area contributed by atoms with E-state index in [0.717, 1.165) is 17.0 Å². The van der Waals surface area contributed by atoms with Gasteiger partial charge < -0.3 is 15.5 Å². The molecule has 3 aromatic carbocycles. The summed E-state index contributed by atoms with van der Waals surface area (Å²) in [6, 6.07) is 16.5. The third-order valence-electron chi connectivity index (χ3n) is 8.37. The van der Waals surface area contributed by atoms with Crippen LogP contribution in [0.1, 0.15) is 56.1 Å². The number of carbonyl (C=O) groups is 2. The highest BCUT2D eigenvalue weighted by Gasteiger charge is 2.47. The van der Waals surface area contributed by atoms with Crippen molar-refractivity contribution in [1.29, 1.82) is 0 Å². The molecule has 1 aliphatic rings. The maximum absolute atomic E-state index is 16.3. The van der Waals surface area contributed by atoms with Crippen molar-refractivity contribution >= 4 is 33.7 Å². The number of halogens is 3. The summed E-state index contributed by atoms with van der Waals surface area (Å²) in [6.07, 6.45) is 4.74. The van der Waals surface area contributed by atoms with E-state index in [1.165, 1.54) is 49.4 Å². The molecule has 0 radical (unpaired) electrons. The average Bonchev–Trinajstić information content (AvgIpc) is 3.71. The van der Waals surface area contributed by atoms with E-state index in [-0.39, 0.29) is 51.0 Å². The van der Waals surface area contributed by atoms with E-state index in [4.69, 9.17) is 15.1 Å². The summed E-state index contributed by atoms with van der Waals surface area (Å²) in [5, 5.41) is 3.73. The lowest BCUT2D eigenvalue weighted by molar-refractivity contribution is 0.0928. The molecule has 10 heteroatoms. The Balaban J connectivity index is 1.25. The van der Waals surface area contributed by atoms with Gasteiger partial charge in [-0.2, -0.15) is 0 Å². The number of amides is 2. The normalized spacial score (nSPS) is 13.7. The number of hydrogen-bond donors (Lipinski definition) is 2. The number of furan rings is 1. The Hall–Kier alpha value is -5.51. The van der Waals surface area contributed by atoms with Crippen LogP contribution in [0.25, 0.3) is 33.0 Å². The summed E-state index contributed by atoms with van der Waals surface area (Å²) in [7, 11) is 0. The fourth-order valence-corrected chi connectivity index (χ4v) is 5.76. The molecule has 7 rings (SSSR count). The first kappa shape index (κ1) is 28.3. The highest BCUT2D eigenvalue weighted by Crippen LogP contribution is 2.45. The third-order valence-corrected chi connectivity index (χ3v) is 8.37. The number of nitrogens with two attached hydrogens (primary N) is 1. The Bertz CT molecular complexity index is 2170. The van der Waals surface area contributed by atoms with Gasteiger partial charge in [0.15, 0.2) is 0 Å². The second kappa shape index (κ2) is 10.6. The number of nitrogens with one attached hydrogen (secondary N) is 1. The quantitative estimate of drug-likeness (QED) is 0.206. The lowest BCUT2D eigenvalue weighted by Gasteiger charge is -2.18. The van der Waals surface area contributed by atoms with Crippen LogP contribution in [0.2, 0.25) is 0 Å². The number of nitrogens with zero attached hydrogens (tertiary/aromatic N) is 2. The van der Waals surface area contributed by atoms with Gasteiger partial charge in [0.05, 0.1) is 27.7 Å². The van der Waals surface area contributed by atoms with Crippen molar-refractivity contribution in [3.05, 3.63) is 130 Å². The molecular weight excluding hydrogens is 581 g/mol. The molecule has 3 N–H and O–H groups in total. The van der Waals surface area contributed by atoms with Crippen LogP contribution < -0.4 is 11.1 Å². The molecule has 7 nitrogen and oxygen atoms in total. The standard InChI is InChI=1S/C35H25F3N4O3/c1-18-24(23-7-8-27-30(32(23)38)31(33(39)43)28(45-27)14-19-2-5-22(36)6-3-19)15-21(16-25(18)37)34(44)42-35(11-12-35)29-9-4-20-17-40-13-10-26(20)41-29/h2-10,13,15-17H,11-12,14H2,1H3,(H2,39,43)(H,42,44). The van der Waals surface area contributed by atoms with Crippen molar-refractivity contribution in [2.45, 2.75) is 31.7 Å². The van der Waals surface area contributed by atoms with Gasteiger partial charge in [-0.1, -0.05) is 12.1 Å². The zero-order valence-electron chi connectivity index (χ0n) is 24.0. The van der Waals surface area contributed by atoms with Gasteiger partial charge in [-0.15, -0.1) is 0 Å². The summed E-state index contributed by atoms with van der Waals surface area (Å²) < 4.78 is 50.9. The lowest BCUT2D eigenvalue weighted by Crippen LogP contribution is -2.35. The maximum atomic E-state index is 16.3. The molecule has 0 saturated heterocycles. The number of fused-ring (bicyclic) bond motifs is 2. The predicted molar refractivity (Wildman–Crippen MR) is 162 cm³/mol. The van der Waals surface area contributed by atoms with Gasteiger partial charge in [0.25, 0.3) is 11.8 Å². The summed E-state index contributed by atoms with van der Waals surface area (Å²) in [4.78, 5) is 34.9. The molecule has 224 valence electrons. The molecule has 45 heavy (non-hydrogen) atoms. The summed E-state index contributed by atoms with van der Waals surface area (Å²) in [5.74, 6) is -3.30. The molecule has 0 aliphatic heterocycles. The van der Waals surface area contributed by atoms with Gasteiger partial charge in [0.2, 0.25) is 0 Å². The summed E-state index contributed by atoms with van der Waals surface area (Å²) in [5.41, 5.74) is 7.17. The Kier molecular flexibility index (Phi) is 6.65. The zero-order valence-corrected chi connectivity index (χ0v) is 24.0. The third kappa shape index (κ3) is 4.98. The van der Waals surface area contributed by atoms with E-state index in [0.29, 0.717) is 24.1 Å². The Labute approximate surface area is 254 Å². The second-order valence-corrected chi connectivity index (χ2v) is 11.3. The van der Waals surface area contributed by atoms with Crippen molar-refractivity contribution in [2.24, 2.45) is 5.73 Å². The number of carbonyl (C=O) groups excluding carboxylic acids is 2. The van der Waals surface area contributed by atoms with Gasteiger partial charge in [0, 0.05) is 35.3 Å². The maximum Gasteiger partial charge on any atom is 0.253 e. The Morgan fingerprint density at radius 3 is 2.49 bits per heavy atom. The van der Waals surface area contributed by atoms with Crippen LogP contribution in [0.4, 0.5) is 13.2 Å². The van der Waals surface area contributed by atoms with Crippen LogP contribution in [0.3, 0.4) is 0 Å². The Morgan fingerprint density at radius 1 is 0.978 bits per heavy atom. The minimum Gasteiger partial charge on any atom is -0.460 e. The molecule has 1 saturated carbocycles. The van der Waals surface area contributed by atoms with Crippen molar-refractivity contribution in [2.75, 3.05) is 0 Å². The number of benzene rings is 3. The fourth-order valence-electron chi connectivity index (χ4n) is 5.76. The van der Waals surface area contributed by atoms with E-state index < -0.39 is 34.8 Å². The van der Waals surface area contributed by atoms with Crippen molar-refractivity contribution < 1.29 is 27.2 Å². The van der Waals surface area contributed by atoms with Crippen molar-refractivity contribution in [1.82, 2.24) is 15.3 Å². The molecule has 6 aromatic rings. The van der Waals surface area contributed by atoms with Crippen molar-refractivity contribution in [3.8, 4) is 11.1 Å². The minimum absolute atomic E-state index is 0.00294. The van der Waals surface area contributed by atoms with Crippen LogP contribution >= 0.6 is 0 Å². The number of rotatable bonds is 7. The van der Waals surface area contributed by atoms with E-state index in [1.807, 2.05) is 12.1 Å². The van der Waals surface area contributed by atoms with E-state index in [9.17, 15) is 14.0 Å². The molecule has 2 amide bonds. The van der Waals surface area contributed by atoms with Gasteiger partial charge in [-0.05, 0) is 91.1 Å². The summed E-state index contributed by atoms with van der Waals surface area (Å²) in [6.45, 7) is 1.48. The van der Waals surface area contributed by atoms with Crippen LogP contribution in [-0.2, 0) is 12.0 Å². The average molecular weight is 607 g/mol. The molecule has 0 bridgehead atoms. The van der Waals surface area contributed by atoms with E-state index in [2.05, 4.69) is 10.3 Å². The van der Waals surface area contributed by atoms with Crippen LogP contribution in [0.15, 0.2) is 83.5 Å². The van der Waals surface area contributed by atoms with Crippen LogP contribution in [0.5, 0.6) is 0 Å². The minimum atomic E-state index is -0.911. The smallest absolute Gasteiger partial charge is 0.253 e. The number of primary amides is 1. The molecule has 0 unspecified atom stereocenters. The molecule has 3 heterocycles. The second-order valence-electron chi connectivity index (χ2n) is 11.3. The molecule has 3 aromatic heterocycles. The first-order chi connectivity index (χ1) is 21.6. The molecule has 0 spiro atoms. The largest absolute Gasteiger partial charge is 0.460 e. The Morgan fingerprint density at radius 2 is 1.76 bits per heavy atom. The number of aromatic nitrogens is 2. The molecule has 1 fully saturated rings. The highest BCUT2D eigenvalue weighted by atomic mass is 19.1. The molecule has 1 aliphatic carbocycles. The molecular formula is C35H25F3N4O3. The summed E-state index contributed by atoms with van der Waals surface area (Å²) >= 11 is 0. The van der Waals surface area contributed by atoms with Gasteiger partial charge in [-0.3, -0.25) is 19.6 Å². The first-order valence-electron chi connectivity index (χ1n) is 14.3. The van der Waals surface area contributed by atoms with Gasteiger partial charge in [0.1, 0.15) is 28.8 Å². The number of hydrogen-bond acceptors (Lipinski definition) is 5.